The number of rotatable bonds is 5. The van der Waals surface area contributed by atoms with E-state index >= 15 is 0 Å². The molecule has 0 aliphatic rings. The monoisotopic (exact) mass is 291 g/mol. The highest BCUT2D eigenvalue weighted by Gasteiger charge is 2.15. The normalized spacial score (nSPS) is 10.3. The van der Waals surface area contributed by atoms with Gasteiger partial charge in [-0.2, -0.15) is 0 Å². The summed E-state index contributed by atoms with van der Waals surface area (Å²) < 4.78 is 24.4. The molecule has 1 aromatic heterocycles. The zero-order valence-electron chi connectivity index (χ0n) is 12.5. The summed E-state index contributed by atoms with van der Waals surface area (Å²) in [7, 11) is 3.14. The highest BCUT2D eigenvalue weighted by Crippen LogP contribution is 2.32. The minimum absolute atomic E-state index is 0.192. The summed E-state index contributed by atoms with van der Waals surface area (Å²) in [6.45, 7) is 4.06. The molecule has 112 valence electrons. The van der Waals surface area contributed by atoms with Gasteiger partial charge in [-0.3, -0.25) is 0 Å². The van der Waals surface area contributed by atoms with Crippen molar-refractivity contribution in [3.05, 3.63) is 29.7 Å². The molecule has 0 atom stereocenters. The molecule has 6 heteroatoms. The van der Waals surface area contributed by atoms with Gasteiger partial charge in [0, 0.05) is 12.6 Å². The van der Waals surface area contributed by atoms with Crippen LogP contribution in [0.1, 0.15) is 12.6 Å². The number of nitrogens with zero attached hydrogens (tertiary/aromatic N) is 2. The summed E-state index contributed by atoms with van der Waals surface area (Å²) in [5.41, 5.74) is 0.967. The lowest BCUT2D eigenvalue weighted by molar-refractivity contribution is 0.395. The Bertz CT molecular complexity index is 647. The van der Waals surface area contributed by atoms with Gasteiger partial charge in [-0.1, -0.05) is 0 Å². The molecule has 0 bridgehead atoms. The number of benzene rings is 1. The van der Waals surface area contributed by atoms with Crippen molar-refractivity contribution >= 4 is 5.82 Å². The first kappa shape index (κ1) is 15.0. The maximum absolute atomic E-state index is 13.9. The molecule has 5 nitrogen and oxygen atoms in total. The van der Waals surface area contributed by atoms with Crippen LogP contribution in [0.2, 0.25) is 0 Å². The van der Waals surface area contributed by atoms with Crippen LogP contribution in [0.5, 0.6) is 11.5 Å². The second-order valence-electron chi connectivity index (χ2n) is 4.39. The highest BCUT2D eigenvalue weighted by atomic mass is 19.1. The van der Waals surface area contributed by atoms with Crippen molar-refractivity contribution in [1.82, 2.24) is 9.97 Å². The lowest BCUT2D eigenvalue weighted by atomic mass is 10.1. The molecule has 0 saturated carbocycles. The number of aryl methyl sites for hydroxylation is 1. The maximum Gasteiger partial charge on any atom is 0.186 e. The van der Waals surface area contributed by atoms with Gasteiger partial charge in [0.05, 0.1) is 25.5 Å². The first-order chi connectivity index (χ1) is 10.1. The van der Waals surface area contributed by atoms with Crippen LogP contribution >= 0.6 is 0 Å². The quantitative estimate of drug-likeness (QED) is 0.917. The van der Waals surface area contributed by atoms with Gasteiger partial charge in [-0.05, 0) is 26.0 Å². The highest BCUT2D eigenvalue weighted by molar-refractivity contribution is 5.67. The summed E-state index contributed by atoms with van der Waals surface area (Å²) in [5, 5.41) is 2.90. The van der Waals surface area contributed by atoms with Crippen LogP contribution in [0.25, 0.3) is 11.4 Å². The SMILES string of the molecule is CCNc1nc(-c2ccc(OC)cc2OC)nc(C)c1F. The van der Waals surface area contributed by atoms with Crippen LogP contribution in [-0.2, 0) is 0 Å². The Kier molecular flexibility index (Phi) is 4.57. The minimum atomic E-state index is -0.437. The van der Waals surface area contributed by atoms with Crippen LogP contribution in [-0.4, -0.2) is 30.7 Å². The third kappa shape index (κ3) is 3.04. The van der Waals surface area contributed by atoms with Crippen molar-refractivity contribution in [2.24, 2.45) is 0 Å². The smallest absolute Gasteiger partial charge is 0.186 e. The molecule has 21 heavy (non-hydrogen) atoms. The molecule has 1 aromatic carbocycles. The van der Waals surface area contributed by atoms with Crippen molar-refractivity contribution in [1.29, 1.82) is 0 Å². The molecule has 0 aliphatic carbocycles. The Morgan fingerprint density at radius 2 is 1.95 bits per heavy atom. The van der Waals surface area contributed by atoms with Crippen molar-refractivity contribution in [3.63, 3.8) is 0 Å². The molecule has 0 spiro atoms. The molecule has 0 unspecified atom stereocenters. The van der Waals surface area contributed by atoms with Gasteiger partial charge in [-0.25, -0.2) is 14.4 Å². The predicted octanol–water partition coefficient (Wildman–Crippen LogP) is 3.04. The summed E-state index contributed by atoms with van der Waals surface area (Å²) in [6.07, 6.45) is 0. The zero-order chi connectivity index (χ0) is 15.4. The fraction of sp³-hybridized carbons (Fsp3) is 0.333. The molecule has 2 aromatic rings. The molecule has 0 aliphatic heterocycles. The van der Waals surface area contributed by atoms with E-state index in [1.165, 1.54) is 0 Å². The van der Waals surface area contributed by atoms with E-state index in [1.807, 2.05) is 6.92 Å². The number of nitrogens with one attached hydrogen (secondary N) is 1. The van der Waals surface area contributed by atoms with Gasteiger partial charge in [-0.15, -0.1) is 0 Å². The summed E-state index contributed by atoms with van der Waals surface area (Å²) in [6, 6.07) is 5.32. The largest absolute Gasteiger partial charge is 0.497 e. The molecule has 0 radical (unpaired) electrons. The second kappa shape index (κ2) is 6.39. The van der Waals surface area contributed by atoms with E-state index in [0.29, 0.717) is 29.4 Å². The van der Waals surface area contributed by atoms with Crippen molar-refractivity contribution < 1.29 is 13.9 Å². The fourth-order valence-corrected chi connectivity index (χ4v) is 1.95. The number of anilines is 1. The lowest BCUT2D eigenvalue weighted by Crippen LogP contribution is -2.07. The van der Waals surface area contributed by atoms with Crippen molar-refractivity contribution in [2.75, 3.05) is 26.1 Å². The number of hydrogen-bond acceptors (Lipinski definition) is 5. The summed E-state index contributed by atoms with van der Waals surface area (Å²) in [5.74, 6) is 1.40. The number of ether oxygens (including phenoxy) is 2. The van der Waals surface area contributed by atoms with Crippen molar-refractivity contribution in [3.8, 4) is 22.9 Å². The molecular formula is C15H18FN3O2. The van der Waals surface area contributed by atoms with E-state index in [1.54, 1.807) is 39.3 Å². The van der Waals surface area contributed by atoms with E-state index in [-0.39, 0.29) is 11.5 Å². The van der Waals surface area contributed by atoms with Crippen LogP contribution in [0, 0.1) is 12.7 Å². The summed E-state index contributed by atoms with van der Waals surface area (Å²) >= 11 is 0. The van der Waals surface area contributed by atoms with Gasteiger partial charge >= 0.3 is 0 Å². The molecular weight excluding hydrogens is 273 g/mol. The first-order valence-electron chi connectivity index (χ1n) is 6.61. The van der Waals surface area contributed by atoms with Crippen LogP contribution in [0.15, 0.2) is 18.2 Å². The number of halogens is 1. The van der Waals surface area contributed by atoms with Gasteiger partial charge in [0.1, 0.15) is 11.5 Å². The molecule has 0 amide bonds. The topological polar surface area (TPSA) is 56.3 Å². The number of aromatic nitrogens is 2. The van der Waals surface area contributed by atoms with Gasteiger partial charge in [0.25, 0.3) is 0 Å². The molecule has 1 N–H and O–H groups in total. The fourth-order valence-electron chi connectivity index (χ4n) is 1.95. The number of methoxy groups -OCH3 is 2. The van der Waals surface area contributed by atoms with Gasteiger partial charge < -0.3 is 14.8 Å². The standard InChI is InChI=1S/C15H18FN3O2/c1-5-17-15-13(16)9(2)18-14(19-15)11-7-6-10(20-3)8-12(11)21-4/h6-8H,5H2,1-4H3,(H,17,18,19). The number of hydrogen-bond donors (Lipinski definition) is 1. The van der Waals surface area contributed by atoms with Crippen LogP contribution in [0.3, 0.4) is 0 Å². The third-order valence-electron chi connectivity index (χ3n) is 3.01. The van der Waals surface area contributed by atoms with Crippen LogP contribution in [0.4, 0.5) is 10.2 Å². The Labute approximate surface area is 123 Å². The molecule has 0 saturated heterocycles. The zero-order valence-corrected chi connectivity index (χ0v) is 12.5. The Morgan fingerprint density at radius 3 is 2.57 bits per heavy atom. The average Bonchev–Trinajstić information content (AvgIpc) is 2.51. The summed E-state index contributed by atoms with van der Waals surface area (Å²) in [4.78, 5) is 8.44. The Balaban J connectivity index is 2.56. The van der Waals surface area contributed by atoms with Gasteiger partial charge in [0.2, 0.25) is 0 Å². The maximum atomic E-state index is 13.9. The average molecular weight is 291 g/mol. The first-order valence-corrected chi connectivity index (χ1v) is 6.61. The van der Waals surface area contributed by atoms with E-state index in [0.717, 1.165) is 0 Å². The van der Waals surface area contributed by atoms with E-state index in [9.17, 15) is 4.39 Å². The molecule has 1 heterocycles. The Hall–Kier alpha value is -2.37. The van der Waals surface area contributed by atoms with Crippen molar-refractivity contribution in [2.45, 2.75) is 13.8 Å². The van der Waals surface area contributed by atoms with E-state index in [4.69, 9.17) is 9.47 Å². The van der Waals surface area contributed by atoms with Gasteiger partial charge in [0.15, 0.2) is 17.5 Å². The van der Waals surface area contributed by atoms with E-state index < -0.39 is 5.82 Å². The molecule has 2 rings (SSSR count). The predicted molar refractivity (Wildman–Crippen MR) is 79.4 cm³/mol. The molecule has 0 fully saturated rings. The lowest BCUT2D eigenvalue weighted by Gasteiger charge is -2.12. The Morgan fingerprint density at radius 1 is 1.19 bits per heavy atom. The van der Waals surface area contributed by atoms with E-state index in [2.05, 4.69) is 15.3 Å². The second-order valence-corrected chi connectivity index (χ2v) is 4.39. The minimum Gasteiger partial charge on any atom is -0.497 e. The van der Waals surface area contributed by atoms with Crippen LogP contribution < -0.4 is 14.8 Å². The third-order valence-corrected chi connectivity index (χ3v) is 3.01.